The van der Waals surface area contributed by atoms with Gasteiger partial charge in [0, 0.05) is 0 Å². The molecule has 1 aliphatic carbocycles. The van der Waals surface area contributed by atoms with Gasteiger partial charge in [-0.1, -0.05) is 30.3 Å². The molecule has 0 bridgehead atoms. The minimum absolute atomic E-state index is 0.462. The Morgan fingerprint density at radius 3 is 2.57 bits per heavy atom. The van der Waals surface area contributed by atoms with Gasteiger partial charge in [-0.2, -0.15) is 0 Å². The number of carbonyl (C=O) groups is 1. The molecule has 1 aliphatic heterocycles. The van der Waals surface area contributed by atoms with Gasteiger partial charge < -0.3 is 10.0 Å². The van der Waals surface area contributed by atoms with Crippen molar-refractivity contribution in [1.29, 1.82) is 0 Å². The summed E-state index contributed by atoms with van der Waals surface area (Å²) < 4.78 is 0. The molecule has 3 rings (SSSR count). The molecule has 1 N–H and O–H groups in total. The Hall–Kier alpha value is -1.35. The lowest BCUT2D eigenvalue weighted by Gasteiger charge is -2.37. The Morgan fingerprint density at radius 1 is 1.29 bits per heavy atom. The van der Waals surface area contributed by atoms with Gasteiger partial charge in [0.15, 0.2) is 0 Å². The molecule has 1 aromatic rings. The van der Waals surface area contributed by atoms with E-state index in [4.69, 9.17) is 0 Å². The number of nitrogens with zero attached hydrogens (tertiary/aromatic N) is 1. The molecule has 1 heterocycles. The van der Waals surface area contributed by atoms with Crippen LogP contribution in [0, 0.1) is 11.3 Å². The largest absolute Gasteiger partial charge is 0.481 e. The standard InChI is InChI=1S/C18H25NO2/c1-19-11-9-18(10-12-19,17(20)21)8-7-15-13-16(15)14-5-3-2-4-6-14/h2-6,15-16H,7-13H2,1H3,(H,20,21)/t15-,16+/m0/s1. The Bertz CT molecular complexity index is 491. The number of hydrogen-bond acceptors (Lipinski definition) is 2. The number of benzene rings is 1. The summed E-state index contributed by atoms with van der Waals surface area (Å²) in [6, 6.07) is 10.7. The summed E-state index contributed by atoms with van der Waals surface area (Å²) >= 11 is 0. The van der Waals surface area contributed by atoms with Crippen molar-refractivity contribution in [3.63, 3.8) is 0 Å². The molecule has 2 atom stereocenters. The SMILES string of the molecule is CN1CCC(CC[C@H]2C[C@@H]2c2ccccc2)(C(=O)O)CC1. The van der Waals surface area contributed by atoms with E-state index in [2.05, 4.69) is 42.3 Å². The van der Waals surface area contributed by atoms with Gasteiger partial charge in [-0.25, -0.2) is 0 Å². The minimum atomic E-state index is -0.576. The van der Waals surface area contributed by atoms with E-state index >= 15 is 0 Å². The molecular formula is C18H25NO2. The number of likely N-dealkylation sites (tertiary alicyclic amines) is 1. The predicted octanol–water partition coefficient (Wildman–Crippen LogP) is 3.37. The molecule has 1 saturated carbocycles. The maximum Gasteiger partial charge on any atom is 0.309 e. The first-order valence-corrected chi connectivity index (χ1v) is 8.08. The van der Waals surface area contributed by atoms with E-state index in [0.717, 1.165) is 38.8 Å². The highest BCUT2D eigenvalue weighted by Crippen LogP contribution is 2.52. The summed E-state index contributed by atoms with van der Waals surface area (Å²) in [4.78, 5) is 14.0. The number of carboxylic acids is 1. The molecule has 0 spiro atoms. The quantitative estimate of drug-likeness (QED) is 0.902. The Morgan fingerprint density at radius 2 is 1.95 bits per heavy atom. The lowest BCUT2D eigenvalue weighted by atomic mass is 9.74. The fraction of sp³-hybridized carbons (Fsp3) is 0.611. The van der Waals surface area contributed by atoms with Crippen LogP contribution in [0.5, 0.6) is 0 Å². The molecular weight excluding hydrogens is 262 g/mol. The number of aliphatic carboxylic acids is 1. The van der Waals surface area contributed by atoms with E-state index in [9.17, 15) is 9.90 Å². The van der Waals surface area contributed by atoms with Gasteiger partial charge in [-0.05, 0) is 69.6 Å². The van der Waals surface area contributed by atoms with Crippen molar-refractivity contribution in [3.8, 4) is 0 Å². The monoisotopic (exact) mass is 287 g/mol. The molecule has 1 aromatic carbocycles. The molecule has 3 heteroatoms. The molecule has 2 fully saturated rings. The second-order valence-electron chi connectivity index (χ2n) is 6.94. The normalized spacial score (nSPS) is 28.2. The van der Waals surface area contributed by atoms with Crippen molar-refractivity contribution in [2.24, 2.45) is 11.3 Å². The van der Waals surface area contributed by atoms with Gasteiger partial charge in [0.1, 0.15) is 0 Å². The summed E-state index contributed by atoms with van der Waals surface area (Å²) in [5.41, 5.74) is 0.964. The topological polar surface area (TPSA) is 40.5 Å². The molecule has 114 valence electrons. The molecule has 0 amide bonds. The van der Waals surface area contributed by atoms with Crippen molar-refractivity contribution in [2.45, 2.75) is 38.0 Å². The van der Waals surface area contributed by atoms with E-state index in [1.807, 2.05) is 0 Å². The summed E-state index contributed by atoms with van der Waals surface area (Å²) in [6.07, 6.45) is 4.77. The zero-order valence-electron chi connectivity index (χ0n) is 12.8. The van der Waals surface area contributed by atoms with Crippen molar-refractivity contribution >= 4 is 5.97 Å². The van der Waals surface area contributed by atoms with E-state index in [1.54, 1.807) is 0 Å². The highest BCUT2D eigenvalue weighted by molar-refractivity contribution is 5.74. The van der Waals surface area contributed by atoms with Crippen LogP contribution < -0.4 is 0 Å². The first-order chi connectivity index (χ1) is 10.1. The second-order valence-corrected chi connectivity index (χ2v) is 6.94. The van der Waals surface area contributed by atoms with Crippen LogP contribution in [-0.4, -0.2) is 36.1 Å². The van der Waals surface area contributed by atoms with Crippen LogP contribution in [0.3, 0.4) is 0 Å². The Labute approximate surface area is 127 Å². The van der Waals surface area contributed by atoms with Crippen LogP contribution in [0.2, 0.25) is 0 Å². The molecule has 0 aromatic heterocycles. The van der Waals surface area contributed by atoms with Crippen molar-refractivity contribution in [3.05, 3.63) is 35.9 Å². The molecule has 0 unspecified atom stereocenters. The lowest BCUT2D eigenvalue weighted by Crippen LogP contribution is -2.43. The van der Waals surface area contributed by atoms with Crippen molar-refractivity contribution in [1.82, 2.24) is 4.90 Å². The van der Waals surface area contributed by atoms with Gasteiger partial charge in [0.25, 0.3) is 0 Å². The first kappa shape index (κ1) is 14.6. The molecule has 1 saturated heterocycles. The van der Waals surface area contributed by atoms with E-state index in [1.165, 1.54) is 12.0 Å². The molecule has 21 heavy (non-hydrogen) atoms. The van der Waals surface area contributed by atoms with Gasteiger partial charge in [-0.3, -0.25) is 4.79 Å². The van der Waals surface area contributed by atoms with E-state index < -0.39 is 11.4 Å². The molecule has 0 radical (unpaired) electrons. The Balaban J connectivity index is 1.56. The first-order valence-electron chi connectivity index (χ1n) is 8.08. The number of piperidine rings is 1. The van der Waals surface area contributed by atoms with Crippen LogP contribution in [0.25, 0.3) is 0 Å². The third kappa shape index (κ3) is 3.13. The van der Waals surface area contributed by atoms with Gasteiger partial charge in [0.2, 0.25) is 0 Å². The van der Waals surface area contributed by atoms with E-state index in [0.29, 0.717) is 11.8 Å². The highest BCUT2D eigenvalue weighted by Gasteiger charge is 2.44. The Kier molecular flexibility index (Phi) is 4.03. The van der Waals surface area contributed by atoms with Crippen molar-refractivity contribution in [2.75, 3.05) is 20.1 Å². The average molecular weight is 287 g/mol. The van der Waals surface area contributed by atoms with Crippen LogP contribution in [0.4, 0.5) is 0 Å². The summed E-state index contributed by atoms with van der Waals surface area (Å²) in [6.45, 7) is 1.83. The maximum atomic E-state index is 11.7. The van der Waals surface area contributed by atoms with Crippen LogP contribution in [0.15, 0.2) is 30.3 Å². The smallest absolute Gasteiger partial charge is 0.309 e. The minimum Gasteiger partial charge on any atom is -0.481 e. The number of hydrogen-bond donors (Lipinski definition) is 1. The van der Waals surface area contributed by atoms with E-state index in [-0.39, 0.29) is 0 Å². The zero-order valence-corrected chi connectivity index (χ0v) is 12.8. The molecule has 3 nitrogen and oxygen atoms in total. The van der Waals surface area contributed by atoms with Crippen LogP contribution in [0.1, 0.15) is 43.6 Å². The average Bonchev–Trinajstić information content (AvgIpc) is 3.27. The van der Waals surface area contributed by atoms with Gasteiger partial charge >= 0.3 is 5.97 Å². The third-order valence-electron chi connectivity index (χ3n) is 5.54. The highest BCUT2D eigenvalue weighted by atomic mass is 16.4. The summed E-state index contributed by atoms with van der Waals surface area (Å²) in [5, 5.41) is 9.67. The maximum absolute atomic E-state index is 11.7. The predicted molar refractivity (Wildman–Crippen MR) is 83.3 cm³/mol. The second kappa shape index (κ2) is 5.80. The van der Waals surface area contributed by atoms with Gasteiger partial charge in [0.05, 0.1) is 5.41 Å². The van der Waals surface area contributed by atoms with Crippen LogP contribution in [-0.2, 0) is 4.79 Å². The summed E-state index contributed by atoms with van der Waals surface area (Å²) in [7, 11) is 2.08. The fourth-order valence-corrected chi connectivity index (χ4v) is 3.75. The fourth-order valence-electron chi connectivity index (χ4n) is 3.75. The molecule has 2 aliphatic rings. The zero-order chi connectivity index (χ0) is 14.9. The summed E-state index contributed by atoms with van der Waals surface area (Å²) in [5.74, 6) is 0.791. The third-order valence-corrected chi connectivity index (χ3v) is 5.54. The number of carboxylic acid groups (broad SMARTS) is 1. The number of rotatable bonds is 5. The van der Waals surface area contributed by atoms with Crippen LogP contribution >= 0.6 is 0 Å². The lowest BCUT2D eigenvalue weighted by molar-refractivity contribution is -0.152. The van der Waals surface area contributed by atoms with Crippen molar-refractivity contribution < 1.29 is 9.90 Å². The van der Waals surface area contributed by atoms with Gasteiger partial charge in [-0.15, -0.1) is 0 Å².